The number of hydrogen-bond donors (Lipinski definition) is 1. The number of anilines is 1. The molecule has 0 fully saturated rings. The molecule has 0 aliphatic heterocycles. The predicted molar refractivity (Wildman–Crippen MR) is 96.8 cm³/mol. The third-order valence-corrected chi connectivity index (χ3v) is 4.90. The van der Waals surface area contributed by atoms with Crippen LogP contribution in [0.4, 0.5) is 5.69 Å². The molecule has 2 rings (SSSR count). The van der Waals surface area contributed by atoms with Crippen molar-refractivity contribution >= 4 is 39.0 Å². The zero-order chi connectivity index (χ0) is 19.5. The Bertz CT molecular complexity index is 971. The van der Waals surface area contributed by atoms with Crippen LogP contribution in [-0.2, 0) is 14.6 Å². The number of sulfone groups is 1. The van der Waals surface area contributed by atoms with Crippen molar-refractivity contribution in [1.29, 1.82) is 0 Å². The molecule has 0 bridgehead atoms. The number of benzene rings is 2. The van der Waals surface area contributed by atoms with Gasteiger partial charge in [-0.25, -0.2) is 13.2 Å². The summed E-state index contributed by atoms with van der Waals surface area (Å²) in [4.78, 5) is 24.0. The van der Waals surface area contributed by atoms with Crippen LogP contribution in [-0.4, -0.2) is 40.8 Å². The minimum absolute atomic E-state index is 0.0959. The van der Waals surface area contributed by atoms with E-state index >= 15 is 0 Å². The molecular weight excluding hydrogens is 382 g/mol. The van der Waals surface area contributed by atoms with Crippen molar-refractivity contribution in [2.24, 2.45) is 0 Å². The second kappa shape index (κ2) is 7.76. The van der Waals surface area contributed by atoms with Gasteiger partial charge in [0.15, 0.2) is 9.84 Å². The number of carbonyl (C=O) groups excluding carboxylic acids is 2. The number of rotatable bonds is 5. The van der Waals surface area contributed by atoms with E-state index in [1.807, 2.05) is 0 Å². The van der Waals surface area contributed by atoms with E-state index in [1.54, 1.807) is 0 Å². The lowest BCUT2D eigenvalue weighted by Crippen LogP contribution is -2.14. The molecule has 0 saturated carbocycles. The minimum Gasteiger partial charge on any atom is -0.495 e. The maximum absolute atomic E-state index is 12.4. The van der Waals surface area contributed by atoms with Crippen LogP contribution in [0.5, 0.6) is 5.75 Å². The van der Waals surface area contributed by atoms with Crippen LogP contribution in [0, 0.1) is 0 Å². The van der Waals surface area contributed by atoms with E-state index in [0.717, 1.165) is 6.26 Å². The molecule has 0 aliphatic rings. The molecular formula is C17H16ClNO6S. The maximum Gasteiger partial charge on any atom is 0.339 e. The highest BCUT2D eigenvalue weighted by molar-refractivity contribution is 7.90. The zero-order valence-corrected chi connectivity index (χ0v) is 15.8. The molecule has 0 heterocycles. The molecule has 0 unspecified atom stereocenters. The highest BCUT2D eigenvalue weighted by atomic mass is 35.5. The molecule has 0 aliphatic carbocycles. The molecule has 7 nitrogen and oxygen atoms in total. The van der Waals surface area contributed by atoms with Gasteiger partial charge in [-0.1, -0.05) is 11.6 Å². The second-order valence-electron chi connectivity index (χ2n) is 5.28. The quantitative estimate of drug-likeness (QED) is 0.779. The number of halogens is 1. The lowest BCUT2D eigenvalue weighted by molar-refractivity contribution is 0.0600. The van der Waals surface area contributed by atoms with Crippen molar-refractivity contribution in [2.75, 3.05) is 25.8 Å². The monoisotopic (exact) mass is 397 g/mol. The normalized spacial score (nSPS) is 10.9. The summed E-state index contributed by atoms with van der Waals surface area (Å²) in [5, 5.41) is 2.76. The fraction of sp³-hybridized carbons (Fsp3) is 0.176. The lowest BCUT2D eigenvalue weighted by Gasteiger charge is -2.11. The SMILES string of the molecule is COC(=O)c1cc(NC(=O)c2ccc(OC)c(S(C)(=O)=O)c2)ccc1Cl. The fourth-order valence-corrected chi connectivity index (χ4v) is 3.23. The first-order valence-corrected chi connectivity index (χ1v) is 9.51. The first-order chi connectivity index (χ1) is 12.2. The summed E-state index contributed by atoms with van der Waals surface area (Å²) in [6.45, 7) is 0. The van der Waals surface area contributed by atoms with Crippen molar-refractivity contribution in [2.45, 2.75) is 4.90 Å². The summed E-state index contributed by atoms with van der Waals surface area (Å²) < 4.78 is 33.4. The van der Waals surface area contributed by atoms with Crippen LogP contribution in [0.3, 0.4) is 0 Å². The predicted octanol–water partition coefficient (Wildman–Crippen LogP) is 2.79. The van der Waals surface area contributed by atoms with E-state index in [-0.39, 0.29) is 26.8 Å². The van der Waals surface area contributed by atoms with Crippen molar-refractivity contribution in [3.63, 3.8) is 0 Å². The largest absolute Gasteiger partial charge is 0.495 e. The van der Waals surface area contributed by atoms with Crippen LogP contribution in [0.15, 0.2) is 41.3 Å². The van der Waals surface area contributed by atoms with Gasteiger partial charge < -0.3 is 14.8 Å². The molecule has 0 spiro atoms. The Balaban J connectivity index is 2.35. The van der Waals surface area contributed by atoms with E-state index in [1.165, 1.54) is 50.6 Å². The van der Waals surface area contributed by atoms with Gasteiger partial charge in [0.1, 0.15) is 10.6 Å². The third kappa shape index (κ3) is 4.33. The number of amides is 1. The lowest BCUT2D eigenvalue weighted by atomic mass is 10.1. The molecule has 0 saturated heterocycles. The molecule has 9 heteroatoms. The molecule has 26 heavy (non-hydrogen) atoms. The Hall–Kier alpha value is -2.58. The summed E-state index contributed by atoms with van der Waals surface area (Å²) in [5.74, 6) is -1.06. The number of methoxy groups -OCH3 is 2. The average molecular weight is 398 g/mol. The van der Waals surface area contributed by atoms with Gasteiger partial charge in [0.2, 0.25) is 0 Å². The van der Waals surface area contributed by atoms with Gasteiger partial charge >= 0.3 is 5.97 Å². The van der Waals surface area contributed by atoms with Crippen LogP contribution in [0.2, 0.25) is 5.02 Å². The molecule has 1 amide bonds. The first-order valence-electron chi connectivity index (χ1n) is 7.24. The van der Waals surface area contributed by atoms with Gasteiger partial charge in [0, 0.05) is 17.5 Å². The van der Waals surface area contributed by atoms with E-state index in [4.69, 9.17) is 16.3 Å². The van der Waals surface area contributed by atoms with Crippen LogP contribution in [0.25, 0.3) is 0 Å². The third-order valence-electron chi connectivity index (χ3n) is 3.45. The summed E-state index contributed by atoms with van der Waals surface area (Å²) in [5.41, 5.74) is 0.510. The summed E-state index contributed by atoms with van der Waals surface area (Å²) in [7, 11) is -1.03. The fourth-order valence-electron chi connectivity index (χ4n) is 2.18. The van der Waals surface area contributed by atoms with Gasteiger partial charge in [-0.3, -0.25) is 4.79 Å². The highest BCUT2D eigenvalue weighted by Crippen LogP contribution is 2.26. The second-order valence-corrected chi connectivity index (χ2v) is 7.67. The molecule has 138 valence electrons. The first kappa shape index (κ1) is 19.7. The molecule has 1 N–H and O–H groups in total. The molecule has 2 aromatic rings. The van der Waals surface area contributed by atoms with Gasteiger partial charge in [0.05, 0.1) is 24.8 Å². The summed E-state index contributed by atoms with van der Waals surface area (Å²) in [6.07, 6.45) is 1.02. The topological polar surface area (TPSA) is 98.8 Å². The maximum atomic E-state index is 12.4. The number of nitrogens with one attached hydrogen (secondary N) is 1. The van der Waals surface area contributed by atoms with Crippen LogP contribution in [0.1, 0.15) is 20.7 Å². The molecule has 2 aromatic carbocycles. The van der Waals surface area contributed by atoms with E-state index in [0.29, 0.717) is 5.69 Å². The Labute approximate surface area is 155 Å². The standard InChI is InChI=1S/C17H16ClNO6S/c1-24-14-7-4-10(8-15(14)26(3,22)23)16(20)19-11-5-6-13(18)12(9-11)17(21)25-2/h4-9H,1-3H3,(H,19,20). The van der Waals surface area contributed by atoms with Gasteiger partial charge in [-0.15, -0.1) is 0 Å². The van der Waals surface area contributed by atoms with Crippen molar-refractivity contribution in [1.82, 2.24) is 0 Å². The minimum atomic E-state index is -3.59. The van der Waals surface area contributed by atoms with Crippen molar-refractivity contribution < 1.29 is 27.5 Å². The van der Waals surface area contributed by atoms with Crippen molar-refractivity contribution in [3.05, 3.63) is 52.5 Å². The Morgan fingerprint density at radius 1 is 1.08 bits per heavy atom. The van der Waals surface area contributed by atoms with Crippen LogP contribution < -0.4 is 10.1 Å². The summed E-state index contributed by atoms with van der Waals surface area (Å²) in [6, 6.07) is 8.37. The number of ether oxygens (including phenoxy) is 2. The Morgan fingerprint density at radius 2 is 1.77 bits per heavy atom. The van der Waals surface area contributed by atoms with Crippen molar-refractivity contribution in [3.8, 4) is 5.75 Å². The number of hydrogen-bond acceptors (Lipinski definition) is 6. The molecule has 0 radical (unpaired) electrons. The highest BCUT2D eigenvalue weighted by Gasteiger charge is 2.18. The van der Waals surface area contributed by atoms with Gasteiger partial charge in [-0.2, -0.15) is 0 Å². The molecule has 0 aromatic heterocycles. The smallest absolute Gasteiger partial charge is 0.339 e. The van der Waals surface area contributed by atoms with E-state index in [9.17, 15) is 18.0 Å². The van der Waals surface area contributed by atoms with Gasteiger partial charge in [-0.05, 0) is 36.4 Å². The van der Waals surface area contributed by atoms with Crippen LogP contribution >= 0.6 is 11.6 Å². The Kier molecular flexibility index (Phi) is 5.89. The van der Waals surface area contributed by atoms with E-state index < -0.39 is 21.7 Å². The Morgan fingerprint density at radius 3 is 2.35 bits per heavy atom. The number of esters is 1. The van der Waals surface area contributed by atoms with Gasteiger partial charge in [0.25, 0.3) is 5.91 Å². The zero-order valence-electron chi connectivity index (χ0n) is 14.2. The molecule has 0 atom stereocenters. The number of carbonyl (C=O) groups is 2. The average Bonchev–Trinajstić information content (AvgIpc) is 2.61. The van der Waals surface area contributed by atoms with E-state index in [2.05, 4.69) is 10.1 Å². The summed E-state index contributed by atoms with van der Waals surface area (Å²) >= 11 is 5.93.